The quantitative estimate of drug-likeness (QED) is 0.581. The molecule has 1 atom stereocenters. The van der Waals surface area contributed by atoms with Crippen molar-refractivity contribution in [1.29, 1.82) is 0 Å². The molecule has 2 aromatic rings. The zero-order valence-corrected chi connectivity index (χ0v) is 15.9. The molecule has 2 aromatic carbocycles. The predicted molar refractivity (Wildman–Crippen MR) is 108 cm³/mol. The Morgan fingerprint density at radius 1 is 1.26 bits per heavy atom. The average Bonchev–Trinajstić information content (AvgIpc) is 3.11. The summed E-state index contributed by atoms with van der Waals surface area (Å²) in [6, 6.07) is 14.0. The standard InChI is InChI=1S/C19H22N4O3.ClH/c1-20-13-16-8-5-11-22(16)19(24)14-9-10-17(18(12-14)23(25)26)21-15-6-3-2-4-7-15;/h2-4,6-7,9-10,12,16,20-21H,5,8,11,13H2,1H3;1H. The van der Waals surface area contributed by atoms with Crippen LogP contribution in [0.2, 0.25) is 0 Å². The third kappa shape index (κ3) is 4.75. The number of likely N-dealkylation sites (tertiary alicyclic amines) is 1. The molecule has 1 fully saturated rings. The second-order valence-corrected chi connectivity index (χ2v) is 6.33. The molecule has 0 bridgehead atoms. The molecule has 1 amide bonds. The van der Waals surface area contributed by atoms with Crippen LogP contribution in [0.5, 0.6) is 0 Å². The van der Waals surface area contributed by atoms with Gasteiger partial charge in [-0.3, -0.25) is 14.9 Å². The van der Waals surface area contributed by atoms with Crippen LogP contribution in [0, 0.1) is 10.1 Å². The molecule has 27 heavy (non-hydrogen) atoms. The highest BCUT2D eigenvalue weighted by atomic mass is 35.5. The Bertz CT molecular complexity index is 801. The first-order chi connectivity index (χ1) is 12.6. The van der Waals surface area contributed by atoms with Crippen molar-refractivity contribution in [3.63, 3.8) is 0 Å². The number of nitrogens with zero attached hydrogens (tertiary/aromatic N) is 2. The molecule has 1 saturated heterocycles. The number of benzene rings is 2. The molecule has 144 valence electrons. The van der Waals surface area contributed by atoms with Crippen LogP contribution in [-0.2, 0) is 0 Å². The number of nitro groups is 1. The van der Waals surface area contributed by atoms with Crippen molar-refractivity contribution in [2.45, 2.75) is 18.9 Å². The lowest BCUT2D eigenvalue weighted by molar-refractivity contribution is -0.383. The number of likely N-dealkylation sites (N-methyl/N-ethyl adjacent to an activating group) is 1. The first-order valence-corrected chi connectivity index (χ1v) is 8.66. The topological polar surface area (TPSA) is 87.5 Å². The highest BCUT2D eigenvalue weighted by Gasteiger charge is 2.30. The van der Waals surface area contributed by atoms with E-state index in [0.717, 1.165) is 25.1 Å². The van der Waals surface area contributed by atoms with E-state index >= 15 is 0 Å². The number of carbonyl (C=O) groups excluding carboxylic acids is 1. The number of anilines is 2. The number of amides is 1. The van der Waals surface area contributed by atoms with E-state index in [0.29, 0.717) is 17.8 Å². The molecular formula is C19H23ClN4O3. The van der Waals surface area contributed by atoms with Gasteiger partial charge in [-0.25, -0.2) is 0 Å². The monoisotopic (exact) mass is 390 g/mol. The zero-order valence-electron chi connectivity index (χ0n) is 15.1. The van der Waals surface area contributed by atoms with Crippen LogP contribution in [0.1, 0.15) is 23.2 Å². The average molecular weight is 391 g/mol. The third-order valence-corrected chi connectivity index (χ3v) is 4.57. The van der Waals surface area contributed by atoms with Crippen LogP contribution in [0.15, 0.2) is 48.5 Å². The maximum Gasteiger partial charge on any atom is 0.293 e. The summed E-state index contributed by atoms with van der Waals surface area (Å²) in [6.45, 7) is 1.41. The highest BCUT2D eigenvalue weighted by Crippen LogP contribution is 2.30. The van der Waals surface area contributed by atoms with Gasteiger partial charge in [0.05, 0.1) is 4.92 Å². The first-order valence-electron chi connectivity index (χ1n) is 8.66. The van der Waals surface area contributed by atoms with Crippen LogP contribution in [0.25, 0.3) is 0 Å². The molecule has 0 saturated carbocycles. The number of rotatable bonds is 6. The molecular weight excluding hydrogens is 368 g/mol. The Kier molecular flexibility index (Phi) is 7.15. The van der Waals surface area contributed by atoms with Crippen molar-refractivity contribution >= 4 is 35.4 Å². The van der Waals surface area contributed by atoms with E-state index in [1.54, 1.807) is 17.0 Å². The fraction of sp³-hybridized carbons (Fsp3) is 0.316. The van der Waals surface area contributed by atoms with E-state index in [1.807, 2.05) is 37.4 Å². The van der Waals surface area contributed by atoms with Crippen molar-refractivity contribution in [3.8, 4) is 0 Å². The summed E-state index contributed by atoms with van der Waals surface area (Å²) in [4.78, 5) is 25.7. The van der Waals surface area contributed by atoms with Gasteiger partial charge in [0.2, 0.25) is 0 Å². The van der Waals surface area contributed by atoms with Gasteiger partial charge in [0.25, 0.3) is 11.6 Å². The molecule has 7 nitrogen and oxygen atoms in total. The second-order valence-electron chi connectivity index (χ2n) is 6.33. The molecule has 1 aliphatic heterocycles. The Hall–Kier alpha value is -2.64. The molecule has 0 aromatic heterocycles. The fourth-order valence-electron chi connectivity index (χ4n) is 3.32. The Labute approximate surface area is 164 Å². The SMILES string of the molecule is CNCC1CCCN1C(=O)c1ccc(Nc2ccccc2)c([N+](=O)[O-])c1.Cl. The van der Waals surface area contributed by atoms with Crippen molar-refractivity contribution in [3.05, 3.63) is 64.2 Å². The van der Waals surface area contributed by atoms with Crippen LogP contribution in [-0.4, -0.2) is 41.9 Å². The zero-order chi connectivity index (χ0) is 18.5. The minimum atomic E-state index is -0.461. The van der Waals surface area contributed by atoms with E-state index in [1.165, 1.54) is 6.07 Å². The maximum atomic E-state index is 12.8. The van der Waals surface area contributed by atoms with Crippen LogP contribution in [0.3, 0.4) is 0 Å². The Balaban J connectivity index is 0.00000261. The van der Waals surface area contributed by atoms with E-state index in [-0.39, 0.29) is 30.0 Å². The van der Waals surface area contributed by atoms with Crippen LogP contribution >= 0.6 is 12.4 Å². The van der Waals surface area contributed by atoms with E-state index < -0.39 is 4.92 Å². The number of nitrogens with one attached hydrogen (secondary N) is 2. The molecule has 1 heterocycles. The van der Waals surface area contributed by atoms with Gasteiger partial charge < -0.3 is 15.5 Å². The third-order valence-electron chi connectivity index (χ3n) is 4.57. The van der Waals surface area contributed by atoms with Crippen molar-refractivity contribution in [1.82, 2.24) is 10.2 Å². The summed E-state index contributed by atoms with van der Waals surface area (Å²) in [5, 5.41) is 17.6. The molecule has 3 rings (SSSR count). The maximum absolute atomic E-state index is 12.8. The van der Waals surface area contributed by atoms with Gasteiger partial charge in [-0.1, -0.05) is 18.2 Å². The van der Waals surface area contributed by atoms with Crippen molar-refractivity contribution in [2.24, 2.45) is 0 Å². The summed E-state index contributed by atoms with van der Waals surface area (Å²) < 4.78 is 0. The molecule has 0 spiro atoms. The lowest BCUT2D eigenvalue weighted by Gasteiger charge is -2.24. The van der Waals surface area contributed by atoms with Gasteiger partial charge >= 0.3 is 0 Å². The molecule has 0 aliphatic carbocycles. The summed E-state index contributed by atoms with van der Waals surface area (Å²) in [5.41, 5.74) is 1.36. The number of para-hydroxylation sites is 1. The van der Waals surface area contributed by atoms with Gasteiger partial charge in [-0.05, 0) is 44.2 Å². The summed E-state index contributed by atoms with van der Waals surface area (Å²) in [7, 11) is 1.86. The highest BCUT2D eigenvalue weighted by molar-refractivity contribution is 5.96. The molecule has 0 radical (unpaired) electrons. The smallest absolute Gasteiger partial charge is 0.293 e. The number of hydrogen-bond acceptors (Lipinski definition) is 5. The molecule has 2 N–H and O–H groups in total. The lowest BCUT2D eigenvalue weighted by Crippen LogP contribution is -2.40. The minimum Gasteiger partial charge on any atom is -0.350 e. The van der Waals surface area contributed by atoms with Crippen molar-refractivity contribution in [2.75, 3.05) is 25.5 Å². The summed E-state index contributed by atoms with van der Waals surface area (Å²) in [5.74, 6) is -0.155. The fourth-order valence-corrected chi connectivity index (χ4v) is 3.32. The normalized spacial score (nSPS) is 15.9. The van der Waals surface area contributed by atoms with Gasteiger partial charge in [0.1, 0.15) is 5.69 Å². The second kappa shape index (κ2) is 9.34. The first kappa shape index (κ1) is 20.7. The molecule has 8 heteroatoms. The van der Waals surface area contributed by atoms with E-state index in [2.05, 4.69) is 10.6 Å². The summed E-state index contributed by atoms with van der Waals surface area (Å²) in [6.07, 6.45) is 1.90. The molecule has 1 unspecified atom stereocenters. The largest absolute Gasteiger partial charge is 0.350 e. The minimum absolute atomic E-state index is 0. The number of halogens is 1. The summed E-state index contributed by atoms with van der Waals surface area (Å²) >= 11 is 0. The number of hydrogen-bond donors (Lipinski definition) is 2. The predicted octanol–water partition coefficient (Wildman–Crippen LogP) is 3.58. The number of carbonyl (C=O) groups is 1. The molecule has 1 aliphatic rings. The Morgan fingerprint density at radius 3 is 2.67 bits per heavy atom. The van der Waals surface area contributed by atoms with E-state index in [9.17, 15) is 14.9 Å². The lowest BCUT2D eigenvalue weighted by atomic mass is 10.1. The van der Waals surface area contributed by atoms with Gasteiger partial charge in [0, 0.05) is 36.4 Å². The van der Waals surface area contributed by atoms with Gasteiger partial charge in [-0.2, -0.15) is 0 Å². The van der Waals surface area contributed by atoms with Crippen molar-refractivity contribution < 1.29 is 9.72 Å². The van der Waals surface area contributed by atoms with Gasteiger partial charge in [0.15, 0.2) is 0 Å². The Morgan fingerprint density at radius 2 is 2.00 bits per heavy atom. The van der Waals surface area contributed by atoms with Gasteiger partial charge in [-0.15, -0.1) is 12.4 Å². The number of nitro benzene ring substituents is 1. The van der Waals surface area contributed by atoms with E-state index in [4.69, 9.17) is 0 Å². The van der Waals surface area contributed by atoms with Crippen LogP contribution in [0.4, 0.5) is 17.1 Å². The van der Waals surface area contributed by atoms with Crippen LogP contribution < -0.4 is 10.6 Å².